The summed E-state index contributed by atoms with van der Waals surface area (Å²) in [6.45, 7) is 3.23. The van der Waals surface area contributed by atoms with Gasteiger partial charge < -0.3 is 10.4 Å². The Balaban J connectivity index is 1.72. The van der Waals surface area contributed by atoms with E-state index < -0.39 is 5.97 Å². The summed E-state index contributed by atoms with van der Waals surface area (Å²) in [5.41, 5.74) is 0.133. The van der Waals surface area contributed by atoms with Crippen molar-refractivity contribution < 1.29 is 9.90 Å². The predicted octanol–water partition coefficient (Wildman–Crippen LogP) is 3.47. The Bertz CT molecular complexity index is 405. The highest BCUT2D eigenvalue weighted by atomic mass is 32.1. The number of hydrogen-bond acceptors (Lipinski definition) is 4. The highest BCUT2D eigenvalue weighted by Gasteiger charge is 2.18. The number of anilines is 1. The van der Waals surface area contributed by atoms with Gasteiger partial charge in [0.1, 0.15) is 0 Å². The lowest BCUT2D eigenvalue weighted by Crippen LogP contribution is -2.16. The van der Waals surface area contributed by atoms with E-state index in [0.717, 1.165) is 29.9 Å². The van der Waals surface area contributed by atoms with Gasteiger partial charge in [-0.3, -0.25) is 0 Å². The lowest BCUT2D eigenvalue weighted by atomic mass is 9.81. The van der Waals surface area contributed by atoms with E-state index in [9.17, 15) is 4.79 Å². The largest absolute Gasteiger partial charge is 0.476 e. The minimum Gasteiger partial charge on any atom is -0.476 e. The molecule has 1 saturated carbocycles. The normalized spacial score (nSPS) is 23.8. The van der Waals surface area contributed by atoms with E-state index >= 15 is 0 Å². The number of rotatable bonds is 5. The van der Waals surface area contributed by atoms with Gasteiger partial charge in [0, 0.05) is 11.9 Å². The summed E-state index contributed by atoms with van der Waals surface area (Å²) in [7, 11) is 0. The predicted molar refractivity (Wildman–Crippen MR) is 73.3 cm³/mol. The Morgan fingerprint density at radius 3 is 3.11 bits per heavy atom. The third-order valence-corrected chi connectivity index (χ3v) is 4.40. The number of carboxylic acids is 1. The smallest absolute Gasteiger partial charge is 0.355 e. The fourth-order valence-electron chi connectivity index (χ4n) is 2.66. The molecule has 1 aliphatic rings. The van der Waals surface area contributed by atoms with Gasteiger partial charge in [0.2, 0.25) is 0 Å². The second-order valence-corrected chi connectivity index (χ2v) is 6.05. The second kappa shape index (κ2) is 6.18. The van der Waals surface area contributed by atoms with E-state index in [1.165, 1.54) is 37.0 Å². The zero-order valence-electron chi connectivity index (χ0n) is 10.7. The summed E-state index contributed by atoms with van der Waals surface area (Å²) in [5, 5.41) is 14.3. The van der Waals surface area contributed by atoms with Crippen LogP contribution in [-0.4, -0.2) is 22.6 Å². The fourth-order valence-corrected chi connectivity index (χ4v) is 3.37. The molecule has 0 amide bonds. The number of carboxylic acid groups (broad SMARTS) is 1. The van der Waals surface area contributed by atoms with Crippen molar-refractivity contribution in [3.8, 4) is 0 Å². The molecule has 0 saturated heterocycles. The van der Waals surface area contributed by atoms with Gasteiger partial charge in [-0.05, 0) is 24.7 Å². The zero-order chi connectivity index (χ0) is 13.0. The van der Waals surface area contributed by atoms with Gasteiger partial charge >= 0.3 is 5.97 Å². The van der Waals surface area contributed by atoms with Crippen molar-refractivity contribution in [2.24, 2.45) is 11.8 Å². The van der Waals surface area contributed by atoms with Crippen molar-refractivity contribution in [3.05, 3.63) is 11.1 Å². The van der Waals surface area contributed by atoms with E-state index in [-0.39, 0.29) is 5.69 Å². The summed E-state index contributed by atoms with van der Waals surface area (Å²) in [5.74, 6) is 0.725. The molecule has 5 heteroatoms. The number of nitrogens with zero attached hydrogens (tertiary/aromatic N) is 1. The quantitative estimate of drug-likeness (QED) is 0.858. The third-order valence-electron chi connectivity index (χ3n) is 3.60. The van der Waals surface area contributed by atoms with Crippen LogP contribution in [0.25, 0.3) is 0 Å². The van der Waals surface area contributed by atoms with Crippen LogP contribution >= 0.6 is 11.3 Å². The maximum absolute atomic E-state index is 10.7. The van der Waals surface area contributed by atoms with Crippen LogP contribution in [0.5, 0.6) is 0 Å². The minimum atomic E-state index is -0.958. The molecule has 0 spiro atoms. The van der Waals surface area contributed by atoms with Crippen LogP contribution in [0.1, 0.15) is 49.5 Å². The molecule has 0 aliphatic heterocycles. The van der Waals surface area contributed by atoms with E-state index in [4.69, 9.17) is 5.11 Å². The first-order valence-corrected chi connectivity index (χ1v) is 7.46. The standard InChI is InChI=1S/C13H20N2O2S/c1-9-3-2-4-10(7-9)5-6-14-13-15-11(8-18-13)12(16)17/h8-10H,2-7H2,1H3,(H,14,15)(H,16,17). The molecule has 100 valence electrons. The number of carbonyl (C=O) groups is 1. The van der Waals surface area contributed by atoms with Crippen LogP contribution in [-0.2, 0) is 0 Å². The number of hydrogen-bond donors (Lipinski definition) is 2. The van der Waals surface area contributed by atoms with Crippen molar-refractivity contribution in [2.75, 3.05) is 11.9 Å². The zero-order valence-corrected chi connectivity index (χ0v) is 11.5. The van der Waals surface area contributed by atoms with Gasteiger partial charge in [-0.25, -0.2) is 9.78 Å². The molecule has 2 atom stereocenters. The highest BCUT2D eigenvalue weighted by Crippen LogP contribution is 2.30. The Morgan fingerprint density at radius 2 is 2.44 bits per heavy atom. The van der Waals surface area contributed by atoms with Crippen molar-refractivity contribution in [2.45, 2.75) is 39.0 Å². The molecule has 4 nitrogen and oxygen atoms in total. The molecule has 2 rings (SSSR count). The summed E-state index contributed by atoms with van der Waals surface area (Å²) < 4.78 is 0. The molecule has 0 radical (unpaired) electrons. The molecule has 1 aromatic heterocycles. The summed E-state index contributed by atoms with van der Waals surface area (Å²) in [4.78, 5) is 14.7. The van der Waals surface area contributed by atoms with E-state index in [1.54, 1.807) is 5.38 Å². The molecular weight excluding hydrogens is 248 g/mol. The molecule has 1 fully saturated rings. The van der Waals surface area contributed by atoms with E-state index in [1.807, 2.05) is 0 Å². The second-order valence-electron chi connectivity index (χ2n) is 5.20. The molecule has 0 aromatic carbocycles. The van der Waals surface area contributed by atoms with Gasteiger partial charge in [-0.2, -0.15) is 0 Å². The van der Waals surface area contributed by atoms with Crippen LogP contribution < -0.4 is 5.32 Å². The first-order chi connectivity index (χ1) is 8.65. The molecule has 2 unspecified atom stereocenters. The Kier molecular flexibility index (Phi) is 4.58. The van der Waals surface area contributed by atoms with Gasteiger partial charge in [0.05, 0.1) is 0 Å². The van der Waals surface area contributed by atoms with Gasteiger partial charge in [-0.15, -0.1) is 11.3 Å². The minimum absolute atomic E-state index is 0.133. The van der Waals surface area contributed by atoms with Gasteiger partial charge in [0.25, 0.3) is 0 Å². The topological polar surface area (TPSA) is 62.2 Å². The first kappa shape index (κ1) is 13.3. The Morgan fingerprint density at radius 1 is 1.61 bits per heavy atom. The summed E-state index contributed by atoms with van der Waals surface area (Å²) >= 11 is 1.36. The van der Waals surface area contributed by atoms with Crippen LogP contribution in [0.2, 0.25) is 0 Å². The van der Waals surface area contributed by atoms with Crippen LogP contribution in [0.3, 0.4) is 0 Å². The van der Waals surface area contributed by atoms with Crippen LogP contribution in [0.15, 0.2) is 5.38 Å². The van der Waals surface area contributed by atoms with Crippen LogP contribution in [0, 0.1) is 11.8 Å². The van der Waals surface area contributed by atoms with E-state index in [0.29, 0.717) is 0 Å². The fraction of sp³-hybridized carbons (Fsp3) is 0.692. The molecule has 1 aliphatic carbocycles. The highest BCUT2D eigenvalue weighted by molar-refractivity contribution is 7.13. The molecule has 1 heterocycles. The average molecular weight is 268 g/mol. The summed E-state index contributed by atoms with van der Waals surface area (Å²) in [6.07, 6.45) is 6.56. The number of aromatic nitrogens is 1. The van der Waals surface area contributed by atoms with Gasteiger partial charge in [-0.1, -0.05) is 26.2 Å². The summed E-state index contributed by atoms with van der Waals surface area (Å²) in [6, 6.07) is 0. The van der Waals surface area contributed by atoms with Crippen molar-refractivity contribution in [3.63, 3.8) is 0 Å². The van der Waals surface area contributed by atoms with Crippen LogP contribution in [0.4, 0.5) is 5.13 Å². The van der Waals surface area contributed by atoms with Crippen molar-refractivity contribution in [1.29, 1.82) is 0 Å². The molecule has 18 heavy (non-hydrogen) atoms. The lowest BCUT2D eigenvalue weighted by Gasteiger charge is -2.26. The van der Waals surface area contributed by atoms with Crippen molar-refractivity contribution in [1.82, 2.24) is 4.98 Å². The third kappa shape index (κ3) is 3.70. The lowest BCUT2D eigenvalue weighted by molar-refractivity contribution is 0.0691. The first-order valence-electron chi connectivity index (χ1n) is 6.58. The molecular formula is C13H20N2O2S. The van der Waals surface area contributed by atoms with E-state index in [2.05, 4.69) is 17.2 Å². The Labute approximate surface area is 111 Å². The van der Waals surface area contributed by atoms with Gasteiger partial charge in [0.15, 0.2) is 10.8 Å². The average Bonchev–Trinajstić information content (AvgIpc) is 2.78. The Hall–Kier alpha value is -1.10. The number of thiazole rings is 1. The molecule has 1 aromatic rings. The number of nitrogens with one attached hydrogen (secondary N) is 1. The van der Waals surface area contributed by atoms with Crippen molar-refractivity contribution >= 4 is 22.4 Å². The monoisotopic (exact) mass is 268 g/mol. The molecule has 0 bridgehead atoms. The SMILES string of the molecule is CC1CCCC(CCNc2nc(C(=O)O)cs2)C1. The maximum Gasteiger partial charge on any atom is 0.355 e. The maximum atomic E-state index is 10.7. The molecule has 2 N–H and O–H groups in total. The number of aromatic carboxylic acids is 1.